The van der Waals surface area contributed by atoms with Gasteiger partial charge in [0, 0.05) is 89.1 Å². The van der Waals surface area contributed by atoms with E-state index in [2.05, 4.69) is 51.8 Å². The molecule has 3 aromatic rings. The van der Waals surface area contributed by atoms with Gasteiger partial charge in [0.15, 0.2) is 17.0 Å². The molecular formula is C66H85N13O24S. The van der Waals surface area contributed by atoms with Crippen molar-refractivity contribution in [1.29, 1.82) is 0 Å². The minimum absolute atomic E-state index is 0.0118. The van der Waals surface area contributed by atoms with Gasteiger partial charge >= 0.3 is 35.8 Å². The van der Waals surface area contributed by atoms with Crippen LogP contribution in [0.2, 0.25) is 0 Å². The number of benzene rings is 1. The van der Waals surface area contributed by atoms with Gasteiger partial charge in [0.25, 0.3) is 11.5 Å². The van der Waals surface area contributed by atoms with E-state index in [0.717, 1.165) is 0 Å². The standard InChI is InChI=1S/C66H85N13O24S/c1-30(2)18-49(87)101-42-22-64(28-98-32(4)80)44(19-31(42)3)102-53-51(52(100-33(5)81)63(64,6)66(53)29-99-66)103-65(97-7)16-14-36(15-17-65)71-46(83)26-79-47(84)21-43(59(79)92)104-27-41(61(95)96)76-56(89)39(20-48(85)86)75-57(90)40(23-67)73-45(82)13-12-38(60(93)94)74-55(88)34-8-10-35(11-9-34)69-24-37-25-70-54-50(72-37)58(91)78-62(68)77-54/h8-11,19,25,30,36,38-44,51-53,69H,12-18,20-24,26-29,67H2,1-7H3,(H,71,83)(H,73,82)(H,74,88)(H,75,90)(H,76,89)(H,85,86)(H,93,94)(H,95,96)(H3,68,70,77,78,91)/t36?,38-,39-,40+,41-,42+,43?,44-,51-,52-,53-,63-,64-,65?,66+/m1/s1. The van der Waals surface area contributed by atoms with Crippen LogP contribution in [-0.4, -0.2) is 234 Å². The molecule has 38 heteroatoms. The number of carboxylic acid groups (broad SMARTS) is 3. The van der Waals surface area contributed by atoms with Crippen LogP contribution in [0.15, 0.2) is 46.9 Å². The number of rotatable bonds is 33. The first-order valence-corrected chi connectivity index (χ1v) is 34.6. The Balaban J connectivity index is 0.738. The normalized spacial score (nSPS) is 27.1. The third-order valence-corrected chi connectivity index (χ3v) is 21.0. The molecule has 9 rings (SSSR count). The number of nitrogens with one attached hydrogen (secondary N) is 7. The largest absolute Gasteiger partial charge is 0.481 e. The lowest BCUT2D eigenvalue weighted by atomic mass is 9.51. The molecule has 564 valence electrons. The highest BCUT2D eigenvalue weighted by Gasteiger charge is 2.87. The Morgan fingerprint density at radius 2 is 1.53 bits per heavy atom. The smallest absolute Gasteiger partial charge is 0.327 e. The molecule has 2 saturated carbocycles. The van der Waals surface area contributed by atoms with E-state index in [1.165, 1.54) is 51.4 Å². The number of methoxy groups -OCH3 is 1. The lowest BCUT2D eigenvalue weighted by Gasteiger charge is -2.58. The van der Waals surface area contributed by atoms with E-state index in [-0.39, 0.29) is 86.9 Å². The van der Waals surface area contributed by atoms with Crippen LogP contribution >= 0.6 is 11.8 Å². The quantitative estimate of drug-likeness (QED) is 0.00854. The molecule has 1 unspecified atom stereocenters. The number of aromatic nitrogens is 4. The molecule has 37 nitrogen and oxygen atoms in total. The number of nitrogens with zero attached hydrogens (tertiary/aromatic N) is 4. The number of anilines is 2. The van der Waals surface area contributed by atoms with Gasteiger partial charge in [0.2, 0.25) is 41.4 Å². The van der Waals surface area contributed by atoms with E-state index in [4.69, 9.17) is 44.6 Å². The van der Waals surface area contributed by atoms with E-state index >= 15 is 0 Å². The molecule has 0 radical (unpaired) electrons. The van der Waals surface area contributed by atoms with Crippen molar-refractivity contribution in [3.8, 4) is 0 Å². The van der Waals surface area contributed by atoms with Crippen molar-refractivity contribution in [3.63, 3.8) is 0 Å². The zero-order valence-electron chi connectivity index (χ0n) is 58.0. The number of ether oxygens (including phenoxy) is 7. The van der Waals surface area contributed by atoms with Crippen LogP contribution in [0.4, 0.5) is 11.6 Å². The number of carboxylic acids is 3. The molecule has 13 atom stereocenters. The molecule has 2 bridgehead atoms. The van der Waals surface area contributed by atoms with Crippen molar-refractivity contribution < 1.29 is 111 Å². The summed E-state index contributed by atoms with van der Waals surface area (Å²) in [4.78, 5) is 197. The summed E-state index contributed by atoms with van der Waals surface area (Å²) in [5, 5.41) is 43.2. The molecule has 3 saturated heterocycles. The molecule has 3 aliphatic heterocycles. The number of carbonyl (C=O) groups is 13. The van der Waals surface area contributed by atoms with Crippen molar-refractivity contribution in [2.24, 2.45) is 22.5 Å². The van der Waals surface area contributed by atoms with Gasteiger partial charge in [-0.2, -0.15) is 4.98 Å². The Morgan fingerprint density at radius 3 is 2.14 bits per heavy atom. The average molecular weight is 1480 g/mol. The molecule has 3 aliphatic carbocycles. The monoisotopic (exact) mass is 1480 g/mol. The Labute approximate surface area is 597 Å². The number of imide groups is 1. The van der Waals surface area contributed by atoms with Crippen molar-refractivity contribution in [2.45, 2.75) is 190 Å². The molecule has 2 aromatic heterocycles. The van der Waals surface area contributed by atoms with E-state index < -0.39 is 215 Å². The second-order valence-corrected chi connectivity index (χ2v) is 28.4. The van der Waals surface area contributed by atoms with Crippen molar-refractivity contribution in [3.05, 3.63) is 63.7 Å². The molecule has 14 N–H and O–H groups in total. The lowest BCUT2D eigenvalue weighted by molar-refractivity contribution is -0.288. The first kappa shape index (κ1) is 78.4. The molecule has 104 heavy (non-hydrogen) atoms. The van der Waals surface area contributed by atoms with Crippen LogP contribution in [0.5, 0.6) is 0 Å². The summed E-state index contributed by atoms with van der Waals surface area (Å²) < 4.78 is 44.6. The minimum atomic E-state index is -1.98. The molecular weight excluding hydrogens is 1390 g/mol. The number of likely N-dealkylation sites (tertiary alicyclic amines) is 1. The maximum Gasteiger partial charge on any atom is 0.327 e. The molecule has 5 heterocycles. The topological polar surface area (TPSA) is 549 Å². The van der Waals surface area contributed by atoms with Gasteiger partial charge < -0.3 is 91.8 Å². The fraction of sp³-hybridized carbons (Fsp3) is 0.591. The SMILES string of the molecule is COC1(O[C@@H]2[C@@H](OC(C)=O)[C@]3(C)[C@@]4(COC(C)=O)C[C@H](OC(=O)CC(C)C)C(C)=C[C@H]4O[C@H]2[C@@]32CO2)CCC(NC(=O)CN2C(=O)CC(SC[C@@H](NC(=O)[C@@H](CC(=O)O)NC(=O)[C@H](CN)NC(=O)CC[C@@H](NC(=O)c3ccc(NCc4cnc5nc(N)[nH]c(=O)c5n4)cc3)C(=O)O)C(=O)O)C2=O)CC1. The number of hydrogen-bond donors (Lipinski definition) is 12. The number of nitrogens with two attached hydrogens (primary N) is 2. The summed E-state index contributed by atoms with van der Waals surface area (Å²) in [5.74, 6) is -15.1. The molecule has 7 amide bonds. The molecule has 1 spiro atoms. The van der Waals surface area contributed by atoms with Crippen LogP contribution < -0.4 is 48.9 Å². The number of epoxide rings is 1. The number of nitrogen functional groups attached to an aromatic ring is 1. The molecule has 6 aliphatic rings. The van der Waals surface area contributed by atoms with Crippen LogP contribution in [0.1, 0.15) is 122 Å². The Morgan fingerprint density at radius 1 is 0.856 bits per heavy atom. The summed E-state index contributed by atoms with van der Waals surface area (Å²) in [7, 11) is 1.45. The number of fused-ring (bicyclic) bond motifs is 3. The summed E-state index contributed by atoms with van der Waals surface area (Å²) >= 11 is 0.651. The number of aromatic amines is 1. The molecule has 5 fully saturated rings. The lowest BCUT2D eigenvalue weighted by Crippen LogP contribution is -2.68. The second kappa shape index (κ2) is 32.5. The van der Waals surface area contributed by atoms with Gasteiger partial charge in [-0.05, 0) is 61.9 Å². The number of hydrogen-bond acceptors (Lipinski definition) is 28. The van der Waals surface area contributed by atoms with Gasteiger partial charge in [0.1, 0.15) is 67.3 Å². The number of aliphatic carboxylic acids is 3. The Hall–Kier alpha value is -9.76. The van der Waals surface area contributed by atoms with Crippen LogP contribution in [0, 0.1) is 16.7 Å². The average Bonchev–Trinajstić information content (AvgIpc) is 1.47. The zero-order chi connectivity index (χ0) is 75.9. The van der Waals surface area contributed by atoms with Gasteiger partial charge in [-0.3, -0.25) is 67.4 Å². The number of carbonyl (C=O) groups excluding carboxylic acids is 10. The van der Waals surface area contributed by atoms with Crippen molar-refractivity contribution >= 4 is 112 Å². The van der Waals surface area contributed by atoms with E-state index in [0.29, 0.717) is 33.6 Å². The van der Waals surface area contributed by atoms with Crippen LogP contribution in [0.3, 0.4) is 0 Å². The first-order chi connectivity index (χ1) is 49.1. The number of amides is 7. The maximum absolute atomic E-state index is 13.7. The maximum atomic E-state index is 13.7. The van der Waals surface area contributed by atoms with E-state index in [1.54, 1.807) is 0 Å². The number of H-pyrrole nitrogens is 1. The van der Waals surface area contributed by atoms with Crippen LogP contribution in [0.25, 0.3) is 11.2 Å². The highest BCUT2D eigenvalue weighted by Crippen LogP contribution is 2.73. The van der Waals surface area contributed by atoms with Crippen LogP contribution in [-0.2, 0) is 97.2 Å². The van der Waals surface area contributed by atoms with E-state index in [1.807, 2.05) is 33.8 Å². The summed E-state index contributed by atoms with van der Waals surface area (Å²) in [6, 6.07) is -1.86. The van der Waals surface area contributed by atoms with Gasteiger partial charge in [-0.15, -0.1) is 11.8 Å². The summed E-state index contributed by atoms with van der Waals surface area (Å²) in [6.07, 6.45) is -2.83. The highest BCUT2D eigenvalue weighted by atomic mass is 32.2. The fourth-order valence-corrected chi connectivity index (χ4v) is 15.3. The third kappa shape index (κ3) is 17.4. The second-order valence-electron chi connectivity index (χ2n) is 27.1. The van der Waals surface area contributed by atoms with Crippen molar-refractivity contribution in [2.75, 3.05) is 50.2 Å². The number of esters is 3. The van der Waals surface area contributed by atoms with Gasteiger partial charge in [-0.25, -0.2) is 19.6 Å². The zero-order valence-corrected chi connectivity index (χ0v) is 58.8. The number of thioether (sulfide) groups is 1. The van der Waals surface area contributed by atoms with E-state index in [9.17, 15) is 82.4 Å². The van der Waals surface area contributed by atoms with Gasteiger partial charge in [0.05, 0.1) is 53.6 Å². The predicted octanol–water partition coefficient (Wildman–Crippen LogP) is -1.16. The van der Waals surface area contributed by atoms with Gasteiger partial charge in [-0.1, -0.05) is 26.8 Å². The third-order valence-electron chi connectivity index (χ3n) is 19.7. The summed E-state index contributed by atoms with van der Waals surface area (Å²) in [6.45, 7) is 8.72. The Bertz CT molecular complexity index is 3960. The predicted molar refractivity (Wildman–Crippen MR) is 359 cm³/mol. The Kier molecular flexibility index (Phi) is 24.5. The first-order valence-electron chi connectivity index (χ1n) is 33.5. The summed E-state index contributed by atoms with van der Waals surface area (Å²) in [5.41, 5.74) is 8.87. The minimum Gasteiger partial charge on any atom is -0.481 e. The molecule has 1 aromatic carbocycles. The fourth-order valence-electron chi connectivity index (χ4n) is 14.1. The van der Waals surface area contributed by atoms with Crippen molar-refractivity contribution in [1.82, 2.24) is 51.4 Å². The highest BCUT2D eigenvalue weighted by molar-refractivity contribution is 8.00.